The van der Waals surface area contributed by atoms with Gasteiger partial charge in [0.05, 0.1) is 11.4 Å². The van der Waals surface area contributed by atoms with Gasteiger partial charge in [-0.15, -0.1) is 0 Å². The number of anilines is 3. The van der Waals surface area contributed by atoms with E-state index in [1.807, 2.05) is 48.5 Å². The number of para-hydroxylation sites is 4. The first-order chi connectivity index (χ1) is 19.7. The van der Waals surface area contributed by atoms with Crippen molar-refractivity contribution in [2.75, 3.05) is 4.90 Å². The molecule has 0 aromatic heterocycles. The largest absolute Gasteiger partial charge is 0.453 e. The number of fused-ring (bicyclic) bond motifs is 7. The lowest BCUT2D eigenvalue weighted by Crippen LogP contribution is -2.15. The van der Waals surface area contributed by atoms with E-state index in [-0.39, 0.29) is 5.83 Å². The van der Waals surface area contributed by atoms with Crippen LogP contribution in [-0.2, 0) is 6.42 Å². The first-order valence-electron chi connectivity index (χ1n) is 13.4. The van der Waals surface area contributed by atoms with Gasteiger partial charge in [0.1, 0.15) is 5.83 Å². The lowest BCUT2D eigenvalue weighted by molar-refractivity contribution is 0.477. The Labute approximate surface area is 233 Å². The van der Waals surface area contributed by atoms with E-state index in [1.165, 1.54) is 6.08 Å². The summed E-state index contributed by atoms with van der Waals surface area (Å²) >= 11 is 0. The van der Waals surface area contributed by atoms with Crippen LogP contribution in [0.5, 0.6) is 11.5 Å². The van der Waals surface area contributed by atoms with Crippen LogP contribution >= 0.6 is 0 Å². The van der Waals surface area contributed by atoms with E-state index in [2.05, 4.69) is 78.2 Å². The quantitative estimate of drug-likeness (QED) is 0.214. The van der Waals surface area contributed by atoms with E-state index < -0.39 is 0 Å². The maximum Gasteiger partial charge on any atom is 0.151 e. The van der Waals surface area contributed by atoms with Gasteiger partial charge in [-0.1, -0.05) is 91.5 Å². The van der Waals surface area contributed by atoms with Crippen molar-refractivity contribution in [3.05, 3.63) is 157 Å². The molecule has 5 aromatic rings. The second-order valence-electron chi connectivity index (χ2n) is 9.96. The molecule has 0 N–H and O–H groups in total. The summed E-state index contributed by atoms with van der Waals surface area (Å²) in [6, 6.07) is 39.3. The summed E-state index contributed by atoms with van der Waals surface area (Å²) in [7, 11) is 0. The summed E-state index contributed by atoms with van der Waals surface area (Å²) < 4.78 is 21.1. The maximum atomic E-state index is 14.8. The molecular weight excluding hydrogens is 493 g/mol. The van der Waals surface area contributed by atoms with E-state index in [0.717, 1.165) is 67.5 Å². The topological polar surface area (TPSA) is 12.5 Å². The maximum absolute atomic E-state index is 14.8. The van der Waals surface area contributed by atoms with Crippen LogP contribution in [0.2, 0.25) is 0 Å². The lowest BCUT2D eigenvalue weighted by atomic mass is 9.86. The molecule has 5 aromatic carbocycles. The van der Waals surface area contributed by atoms with E-state index >= 15 is 0 Å². The van der Waals surface area contributed by atoms with E-state index in [4.69, 9.17) is 4.74 Å². The molecule has 0 amide bonds. The molecule has 3 heteroatoms. The Kier molecular flexibility index (Phi) is 5.90. The average Bonchev–Trinajstić information content (AvgIpc) is 3.01. The fourth-order valence-electron chi connectivity index (χ4n) is 5.62. The summed E-state index contributed by atoms with van der Waals surface area (Å²) in [5, 5.41) is 0. The zero-order chi connectivity index (χ0) is 27.1. The monoisotopic (exact) mass is 519 g/mol. The van der Waals surface area contributed by atoms with Crippen LogP contribution in [0.15, 0.2) is 146 Å². The van der Waals surface area contributed by atoms with Crippen LogP contribution in [0.4, 0.5) is 21.5 Å². The van der Waals surface area contributed by atoms with Gasteiger partial charge in [-0.2, -0.15) is 0 Å². The highest BCUT2D eigenvalue weighted by molar-refractivity contribution is 5.95. The standard InChI is InChI=1S/C37H26FNO/c1-25-18-20-27(38)21-19-26-10-2-3-11-30(26)31-12-4-5-13-32(31)33-24-28(22-23-29(25)33)39-34-14-6-8-16-36(34)40-37-17-9-7-15-35(37)39/h2-18,20-24H,1,19H2/b20-18-,27-21+. The Morgan fingerprint density at radius 1 is 0.600 bits per heavy atom. The molecule has 0 saturated heterocycles. The van der Waals surface area contributed by atoms with Crippen molar-refractivity contribution < 1.29 is 9.13 Å². The number of rotatable bonds is 1. The molecule has 0 radical (unpaired) electrons. The predicted octanol–water partition coefficient (Wildman–Crippen LogP) is 10.6. The molecule has 192 valence electrons. The van der Waals surface area contributed by atoms with Gasteiger partial charge in [0, 0.05) is 5.69 Å². The molecular formula is C37H26FNO. The van der Waals surface area contributed by atoms with Crippen LogP contribution in [0.25, 0.3) is 27.8 Å². The molecule has 0 atom stereocenters. The van der Waals surface area contributed by atoms with Crippen LogP contribution < -0.4 is 9.64 Å². The fraction of sp³-hybridized carbons (Fsp3) is 0.0270. The minimum atomic E-state index is -0.274. The van der Waals surface area contributed by atoms with Crippen molar-refractivity contribution in [3.8, 4) is 33.8 Å². The molecule has 40 heavy (non-hydrogen) atoms. The number of hydrogen-bond acceptors (Lipinski definition) is 2. The molecule has 2 aliphatic rings. The molecule has 0 saturated carbocycles. The summed E-state index contributed by atoms with van der Waals surface area (Å²) in [4.78, 5) is 2.24. The van der Waals surface area contributed by atoms with Crippen molar-refractivity contribution in [1.82, 2.24) is 0 Å². The van der Waals surface area contributed by atoms with Gasteiger partial charge in [-0.05, 0) is 93.9 Å². The summed E-state index contributed by atoms with van der Waals surface area (Å²) in [5.41, 5.74) is 10.0. The zero-order valence-electron chi connectivity index (χ0n) is 21.8. The van der Waals surface area contributed by atoms with Crippen LogP contribution in [0, 0.1) is 0 Å². The highest BCUT2D eigenvalue weighted by atomic mass is 19.1. The molecule has 7 rings (SSSR count). The smallest absolute Gasteiger partial charge is 0.151 e. The van der Waals surface area contributed by atoms with Crippen LogP contribution in [0.3, 0.4) is 0 Å². The molecule has 1 aliphatic carbocycles. The summed E-state index contributed by atoms with van der Waals surface area (Å²) in [5.74, 6) is 1.33. The molecule has 0 spiro atoms. The van der Waals surface area contributed by atoms with E-state index in [0.29, 0.717) is 6.42 Å². The second kappa shape index (κ2) is 9.87. The molecule has 1 heterocycles. The van der Waals surface area contributed by atoms with Gasteiger partial charge >= 0.3 is 0 Å². The van der Waals surface area contributed by atoms with Gasteiger partial charge in [0.15, 0.2) is 11.5 Å². The Morgan fingerprint density at radius 3 is 1.93 bits per heavy atom. The Hall–Kier alpha value is -5.15. The Morgan fingerprint density at radius 2 is 1.20 bits per heavy atom. The third-order valence-electron chi connectivity index (χ3n) is 7.53. The number of halogens is 1. The molecule has 1 aliphatic heterocycles. The third kappa shape index (κ3) is 4.13. The van der Waals surface area contributed by atoms with Gasteiger partial charge in [-0.3, -0.25) is 0 Å². The lowest BCUT2D eigenvalue weighted by Gasteiger charge is -2.33. The zero-order valence-corrected chi connectivity index (χ0v) is 21.8. The summed E-state index contributed by atoms with van der Waals surface area (Å²) in [6.45, 7) is 4.33. The van der Waals surface area contributed by atoms with Gasteiger partial charge in [-0.25, -0.2) is 4.39 Å². The normalized spacial score (nSPS) is 15.9. The first-order valence-corrected chi connectivity index (χ1v) is 13.4. The van der Waals surface area contributed by atoms with E-state index in [1.54, 1.807) is 12.2 Å². The van der Waals surface area contributed by atoms with Crippen molar-refractivity contribution >= 4 is 22.6 Å². The highest BCUT2D eigenvalue weighted by Crippen LogP contribution is 2.51. The molecule has 2 nitrogen and oxygen atoms in total. The van der Waals surface area contributed by atoms with E-state index in [9.17, 15) is 4.39 Å². The Balaban J connectivity index is 1.50. The number of ether oxygens (including phenoxy) is 1. The minimum Gasteiger partial charge on any atom is -0.453 e. The number of hydrogen-bond donors (Lipinski definition) is 0. The first kappa shape index (κ1) is 23.9. The minimum absolute atomic E-state index is 0.274. The molecule has 0 fully saturated rings. The third-order valence-corrected chi connectivity index (χ3v) is 7.53. The second-order valence-corrected chi connectivity index (χ2v) is 9.96. The van der Waals surface area contributed by atoms with Crippen molar-refractivity contribution in [1.29, 1.82) is 0 Å². The fourth-order valence-corrected chi connectivity index (χ4v) is 5.62. The van der Waals surface area contributed by atoms with Gasteiger partial charge in [0.2, 0.25) is 0 Å². The number of benzene rings is 5. The number of nitrogens with zero attached hydrogens (tertiary/aromatic N) is 1. The summed E-state index contributed by atoms with van der Waals surface area (Å²) in [6.07, 6.45) is 5.40. The van der Waals surface area contributed by atoms with Crippen molar-refractivity contribution in [3.63, 3.8) is 0 Å². The number of allylic oxidation sites excluding steroid dienone is 5. The Bertz CT molecular complexity index is 1800. The van der Waals surface area contributed by atoms with Gasteiger partial charge < -0.3 is 9.64 Å². The van der Waals surface area contributed by atoms with Crippen molar-refractivity contribution in [2.45, 2.75) is 6.42 Å². The average molecular weight is 520 g/mol. The van der Waals surface area contributed by atoms with Crippen molar-refractivity contribution in [2.24, 2.45) is 0 Å². The predicted molar refractivity (Wildman–Crippen MR) is 163 cm³/mol. The SMILES string of the molecule is C=C1/C=C\C(F)=C/Cc2ccccc2-c2ccccc2-c2cc(N3c4ccccc4Oc4ccccc43)ccc21. The van der Waals surface area contributed by atoms with Crippen LogP contribution in [-0.4, -0.2) is 0 Å². The molecule has 0 bridgehead atoms. The molecule has 0 unspecified atom stereocenters. The highest BCUT2D eigenvalue weighted by Gasteiger charge is 2.26. The van der Waals surface area contributed by atoms with Gasteiger partial charge in [0.25, 0.3) is 0 Å². The van der Waals surface area contributed by atoms with Crippen LogP contribution in [0.1, 0.15) is 11.1 Å².